The van der Waals surface area contributed by atoms with Gasteiger partial charge in [0, 0.05) is 18.3 Å². The van der Waals surface area contributed by atoms with Gasteiger partial charge < -0.3 is 0 Å². The first-order chi connectivity index (χ1) is 8.26. The fourth-order valence-corrected chi connectivity index (χ4v) is 1.85. The van der Waals surface area contributed by atoms with E-state index >= 15 is 0 Å². The van der Waals surface area contributed by atoms with E-state index in [1.807, 2.05) is 6.07 Å². The number of aryl methyl sites for hydroxylation is 1. The van der Waals surface area contributed by atoms with Crippen molar-refractivity contribution >= 4 is 11.2 Å². The van der Waals surface area contributed by atoms with Gasteiger partial charge in [0.25, 0.3) is 0 Å². The van der Waals surface area contributed by atoms with E-state index < -0.39 is 0 Å². The molecule has 88 valence electrons. The van der Waals surface area contributed by atoms with Crippen molar-refractivity contribution < 1.29 is 0 Å². The van der Waals surface area contributed by atoms with Crippen LogP contribution in [0.4, 0.5) is 0 Å². The number of aromatic nitrogens is 3. The Morgan fingerprint density at radius 3 is 3.06 bits per heavy atom. The molecule has 4 heteroatoms. The summed E-state index contributed by atoms with van der Waals surface area (Å²) in [7, 11) is 0. The number of aromatic amines is 1. The van der Waals surface area contributed by atoms with E-state index in [2.05, 4.69) is 22.8 Å². The molecule has 0 aliphatic rings. The zero-order chi connectivity index (χ0) is 12.3. The minimum atomic E-state index is -0.113. The molecule has 0 fully saturated rings. The van der Waals surface area contributed by atoms with E-state index in [1.165, 1.54) is 0 Å². The summed E-state index contributed by atoms with van der Waals surface area (Å²) in [5.41, 5.74) is 1.98. The fourth-order valence-electron chi connectivity index (χ4n) is 1.85. The standard InChI is InChI=1S/C13H15N3O/c1-3-5-6-7-16-11-8-10(4-2)9-14-12(11)15-13(16)17/h2,8-9H,3,5-7H2,1H3,(H,14,15,17). The van der Waals surface area contributed by atoms with Gasteiger partial charge in [-0.25, -0.2) is 9.78 Å². The molecule has 0 aromatic carbocycles. The SMILES string of the molecule is C#Cc1cnc2[nH]c(=O)n(CCCCC)c2c1. The number of rotatable bonds is 4. The van der Waals surface area contributed by atoms with Gasteiger partial charge in [-0.1, -0.05) is 25.7 Å². The highest BCUT2D eigenvalue weighted by molar-refractivity contribution is 5.72. The maximum Gasteiger partial charge on any atom is 0.327 e. The summed E-state index contributed by atoms with van der Waals surface area (Å²) >= 11 is 0. The second-order valence-corrected chi connectivity index (χ2v) is 4.02. The summed E-state index contributed by atoms with van der Waals surface area (Å²) in [4.78, 5) is 18.6. The van der Waals surface area contributed by atoms with Crippen LogP contribution in [0.3, 0.4) is 0 Å². The van der Waals surface area contributed by atoms with E-state index in [-0.39, 0.29) is 5.69 Å². The molecule has 2 heterocycles. The van der Waals surface area contributed by atoms with Crippen LogP contribution >= 0.6 is 0 Å². The number of pyridine rings is 1. The molecule has 1 N–H and O–H groups in total. The number of terminal acetylenes is 1. The van der Waals surface area contributed by atoms with Gasteiger partial charge in [0.2, 0.25) is 0 Å². The summed E-state index contributed by atoms with van der Waals surface area (Å²) in [6, 6.07) is 1.83. The quantitative estimate of drug-likeness (QED) is 0.643. The Bertz CT molecular complexity index is 616. The molecule has 4 nitrogen and oxygen atoms in total. The van der Waals surface area contributed by atoms with Crippen LogP contribution < -0.4 is 5.69 Å². The largest absolute Gasteiger partial charge is 0.327 e. The van der Waals surface area contributed by atoms with Crippen LogP contribution in [0.15, 0.2) is 17.1 Å². The minimum Gasteiger partial charge on any atom is -0.290 e. The number of hydrogen-bond donors (Lipinski definition) is 1. The third-order valence-electron chi connectivity index (χ3n) is 2.78. The van der Waals surface area contributed by atoms with Crippen LogP contribution in [-0.4, -0.2) is 14.5 Å². The number of imidazole rings is 1. The predicted molar refractivity (Wildman–Crippen MR) is 67.8 cm³/mol. The average molecular weight is 229 g/mol. The summed E-state index contributed by atoms with van der Waals surface area (Å²) in [5.74, 6) is 2.53. The number of nitrogens with one attached hydrogen (secondary N) is 1. The number of nitrogens with zero attached hydrogens (tertiary/aromatic N) is 2. The summed E-state index contributed by atoms with van der Waals surface area (Å²) in [5, 5.41) is 0. The van der Waals surface area contributed by atoms with Gasteiger partial charge in [-0.15, -0.1) is 6.42 Å². The molecule has 0 radical (unpaired) electrons. The molecule has 0 saturated heterocycles. The van der Waals surface area contributed by atoms with Crippen molar-refractivity contribution in [3.05, 3.63) is 28.3 Å². The molecule has 0 spiro atoms. The summed E-state index contributed by atoms with van der Waals surface area (Å²) in [6.45, 7) is 2.85. The van der Waals surface area contributed by atoms with E-state index in [1.54, 1.807) is 10.8 Å². The van der Waals surface area contributed by atoms with Crippen molar-refractivity contribution in [1.29, 1.82) is 0 Å². The molecule has 0 amide bonds. The van der Waals surface area contributed by atoms with Gasteiger partial charge in [-0.2, -0.15) is 0 Å². The molecule has 2 aromatic heterocycles. The van der Waals surface area contributed by atoms with Gasteiger partial charge in [0.05, 0.1) is 5.52 Å². The molecule has 0 aliphatic carbocycles. The second-order valence-electron chi connectivity index (χ2n) is 4.02. The minimum absolute atomic E-state index is 0.113. The van der Waals surface area contributed by atoms with Crippen molar-refractivity contribution in [1.82, 2.24) is 14.5 Å². The third-order valence-corrected chi connectivity index (χ3v) is 2.78. The molecular weight excluding hydrogens is 214 g/mol. The van der Waals surface area contributed by atoms with Crippen molar-refractivity contribution in [2.45, 2.75) is 32.7 Å². The first-order valence-corrected chi connectivity index (χ1v) is 5.81. The van der Waals surface area contributed by atoms with Crippen LogP contribution in [0.2, 0.25) is 0 Å². The lowest BCUT2D eigenvalue weighted by Crippen LogP contribution is -2.16. The van der Waals surface area contributed by atoms with Crippen LogP contribution in [-0.2, 0) is 6.54 Å². The highest BCUT2D eigenvalue weighted by atomic mass is 16.1. The monoisotopic (exact) mass is 229 g/mol. The fraction of sp³-hybridized carbons (Fsp3) is 0.385. The highest BCUT2D eigenvalue weighted by Gasteiger charge is 2.07. The highest BCUT2D eigenvalue weighted by Crippen LogP contribution is 2.10. The number of hydrogen-bond acceptors (Lipinski definition) is 2. The van der Waals surface area contributed by atoms with Crippen molar-refractivity contribution in [2.24, 2.45) is 0 Å². The lowest BCUT2D eigenvalue weighted by atomic mass is 10.2. The smallest absolute Gasteiger partial charge is 0.290 e. The topological polar surface area (TPSA) is 50.7 Å². The van der Waals surface area contributed by atoms with Gasteiger partial charge in [0.1, 0.15) is 0 Å². The molecule has 2 rings (SSSR count). The number of unbranched alkanes of at least 4 members (excludes halogenated alkanes) is 2. The lowest BCUT2D eigenvalue weighted by molar-refractivity contribution is 0.600. The summed E-state index contributed by atoms with van der Waals surface area (Å²) in [6.07, 6.45) is 10.2. The Morgan fingerprint density at radius 1 is 1.53 bits per heavy atom. The van der Waals surface area contributed by atoms with Crippen LogP contribution in [0, 0.1) is 12.3 Å². The Kier molecular flexibility index (Phi) is 3.29. The average Bonchev–Trinajstić information content (AvgIpc) is 2.65. The predicted octanol–water partition coefficient (Wildman–Crippen LogP) is 1.90. The molecule has 2 aromatic rings. The van der Waals surface area contributed by atoms with Crippen molar-refractivity contribution in [3.63, 3.8) is 0 Å². The summed E-state index contributed by atoms with van der Waals surface area (Å²) < 4.78 is 1.71. The first kappa shape index (κ1) is 11.5. The maximum atomic E-state index is 11.7. The first-order valence-electron chi connectivity index (χ1n) is 5.81. The second kappa shape index (κ2) is 4.88. The normalized spacial score (nSPS) is 10.6. The molecule has 0 atom stereocenters. The molecule has 17 heavy (non-hydrogen) atoms. The molecular formula is C13H15N3O. The van der Waals surface area contributed by atoms with Crippen LogP contribution in [0.1, 0.15) is 31.7 Å². The molecule has 0 unspecified atom stereocenters. The maximum absolute atomic E-state index is 11.7. The van der Waals surface area contributed by atoms with E-state index in [4.69, 9.17) is 6.42 Å². The van der Waals surface area contributed by atoms with Crippen LogP contribution in [0.5, 0.6) is 0 Å². The Balaban J connectivity index is 2.42. The van der Waals surface area contributed by atoms with E-state index in [0.29, 0.717) is 17.8 Å². The van der Waals surface area contributed by atoms with Crippen molar-refractivity contribution in [3.8, 4) is 12.3 Å². The van der Waals surface area contributed by atoms with E-state index in [9.17, 15) is 4.79 Å². The van der Waals surface area contributed by atoms with E-state index in [0.717, 1.165) is 24.8 Å². The number of H-pyrrole nitrogens is 1. The van der Waals surface area contributed by atoms with Gasteiger partial charge in [-0.3, -0.25) is 9.55 Å². The van der Waals surface area contributed by atoms with Crippen LogP contribution in [0.25, 0.3) is 11.2 Å². The Hall–Kier alpha value is -2.02. The zero-order valence-electron chi connectivity index (χ0n) is 9.86. The Labute approximate surface area is 99.7 Å². The molecule has 0 bridgehead atoms. The third kappa shape index (κ3) is 2.23. The van der Waals surface area contributed by atoms with Gasteiger partial charge in [0.15, 0.2) is 5.65 Å². The number of fused-ring (bicyclic) bond motifs is 1. The Morgan fingerprint density at radius 2 is 2.35 bits per heavy atom. The van der Waals surface area contributed by atoms with Gasteiger partial charge >= 0.3 is 5.69 Å². The zero-order valence-corrected chi connectivity index (χ0v) is 9.86. The molecule has 0 saturated carbocycles. The molecule has 0 aliphatic heterocycles. The van der Waals surface area contributed by atoms with Gasteiger partial charge in [-0.05, 0) is 12.5 Å². The van der Waals surface area contributed by atoms with Crippen molar-refractivity contribution in [2.75, 3.05) is 0 Å². The lowest BCUT2D eigenvalue weighted by Gasteiger charge is -2.02.